The first-order valence-electron chi connectivity index (χ1n) is 18.0. The number of primary amides is 1. The fraction of sp³-hybridized carbons (Fsp3) is 0.727. The molecular weight excluding hydrogens is 708 g/mol. The van der Waals surface area contributed by atoms with E-state index in [0.717, 1.165) is 0 Å². The Balaban J connectivity index is 6.13. The third kappa shape index (κ3) is 20.3. The van der Waals surface area contributed by atoms with E-state index in [0.29, 0.717) is 19.4 Å². The number of carbonyl (C=O) groups excluding carboxylic acids is 7. The van der Waals surface area contributed by atoms with Crippen molar-refractivity contribution in [1.29, 1.82) is 0 Å². The van der Waals surface area contributed by atoms with Gasteiger partial charge in [0.1, 0.15) is 36.3 Å². The van der Waals surface area contributed by atoms with E-state index in [4.69, 9.17) is 28.7 Å². The molecule has 0 fully saturated rings. The molecule has 7 amide bonds. The zero-order valence-electron chi connectivity index (χ0n) is 31.9. The molecule has 21 heteroatoms. The number of guanidine groups is 1. The van der Waals surface area contributed by atoms with Crippen molar-refractivity contribution in [1.82, 2.24) is 31.9 Å². The van der Waals surface area contributed by atoms with E-state index in [1.54, 1.807) is 27.7 Å². The Bertz CT molecular complexity index is 1310. The smallest absolute Gasteiger partial charge is 0.326 e. The molecule has 0 radical (unpaired) electrons. The summed E-state index contributed by atoms with van der Waals surface area (Å²) >= 11 is 0. The van der Waals surface area contributed by atoms with Crippen molar-refractivity contribution in [3.05, 3.63) is 0 Å². The van der Waals surface area contributed by atoms with E-state index < -0.39 is 89.5 Å². The number of nitrogens with two attached hydrogens (primary N) is 5. The van der Waals surface area contributed by atoms with Crippen LogP contribution in [0.5, 0.6) is 0 Å². The SMILES string of the molecule is CC(C)C[C@H](NC(=O)[C@H](CCC(N)=O)NC(=O)[C@H](CCCN=C(N)N)NC(=O)[C@@H](NC(=O)[C@H](C)NC(=O)[C@H](CCCCN)NC(=O)CN)C(C)C)C(=O)O. The number of aliphatic imine (C=N–C) groups is 1. The van der Waals surface area contributed by atoms with Crippen LogP contribution in [-0.4, -0.2) is 114 Å². The summed E-state index contributed by atoms with van der Waals surface area (Å²) in [6, 6.07) is -7.37. The average molecular weight is 771 g/mol. The number of unbranched alkanes of at least 4 members (excludes halogenated alkanes) is 1. The lowest BCUT2D eigenvalue weighted by Gasteiger charge is -2.28. The maximum absolute atomic E-state index is 13.7. The van der Waals surface area contributed by atoms with Gasteiger partial charge in [0, 0.05) is 13.0 Å². The Morgan fingerprint density at radius 2 is 1.13 bits per heavy atom. The highest BCUT2D eigenvalue weighted by Crippen LogP contribution is 2.10. The predicted molar refractivity (Wildman–Crippen MR) is 199 cm³/mol. The Morgan fingerprint density at radius 3 is 1.63 bits per heavy atom. The van der Waals surface area contributed by atoms with Crippen molar-refractivity contribution in [2.75, 3.05) is 19.6 Å². The highest BCUT2D eigenvalue weighted by atomic mass is 16.4. The molecular formula is C33H62N12O9. The largest absolute Gasteiger partial charge is 0.480 e. The molecule has 0 aromatic rings. The Hall–Kier alpha value is -5.05. The van der Waals surface area contributed by atoms with E-state index in [1.165, 1.54) is 6.92 Å². The Kier molecular flexibility index (Phi) is 23.4. The van der Waals surface area contributed by atoms with Crippen LogP contribution in [0.4, 0.5) is 0 Å². The summed E-state index contributed by atoms with van der Waals surface area (Å²) in [5.41, 5.74) is 27.0. The van der Waals surface area contributed by atoms with Gasteiger partial charge < -0.3 is 65.7 Å². The van der Waals surface area contributed by atoms with Gasteiger partial charge in [-0.3, -0.25) is 38.6 Å². The van der Waals surface area contributed by atoms with Crippen LogP contribution in [0, 0.1) is 11.8 Å². The second-order valence-corrected chi connectivity index (χ2v) is 13.7. The fourth-order valence-corrected chi connectivity index (χ4v) is 5.03. The molecule has 0 aliphatic carbocycles. The highest BCUT2D eigenvalue weighted by Gasteiger charge is 2.33. The number of hydrogen-bond acceptors (Lipinski definition) is 11. The van der Waals surface area contributed by atoms with Crippen molar-refractivity contribution in [3.8, 4) is 0 Å². The molecule has 21 nitrogen and oxygen atoms in total. The maximum Gasteiger partial charge on any atom is 0.326 e. The molecule has 0 heterocycles. The molecule has 6 atom stereocenters. The van der Waals surface area contributed by atoms with Gasteiger partial charge in [0.15, 0.2) is 5.96 Å². The Labute approximate surface area is 315 Å². The average Bonchev–Trinajstić information content (AvgIpc) is 3.08. The van der Waals surface area contributed by atoms with Gasteiger partial charge in [0.25, 0.3) is 0 Å². The monoisotopic (exact) mass is 770 g/mol. The van der Waals surface area contributed by atoms with Crippen LogP contribution < -0.4 is 60.6 Å². The molecule has 0 bridgehead atoms. The molecule has 17 N–H and O–H groups in total. The molecule has 0 aromatic heterocycles. The molecule has 0 spiro atoms. The summed E-state index contributed by atoms with van der Waals surface area (Å²) in [6.45, 7) is 8.30. The minimum atomic E-state index is -1.41. The van der Waals surface area contributed by atoms with E-state index >= 15 is 0 Å². The quantitative estimate of drug-likeness (QED) is 0.0216. The van der Waals surface area contributed by atoms with Gasteiger partial charge in [-0.15, -0.1) is 0 Å². The lowest BCUT2D eigenvalue weighted by atomic mass is 10.0. The van der Waals surface area contributed by atoms with Crippen LogP contribution in [0.15, 0.2) is 4.99 Å². The maximum atomic E-state index is 13.7. The number of rotatable bonds is 27. The van der Waals surface area contributed by atoms with Crippen molar-refractivity contribution in [2.24, 2.45) is 45.5 Å². The van der Waals surface area contributed by atoms with Crippen LogP contribution in [0.2, 0.25) is 0 Å². The van der Waals surface area contributed by atoms with Gasteiger partial charge in [0.05, 0.1) is 6.54 Å². The number of hydrogen-bond donors (Lipinski definition) is 12. The first-order chi connectivity index (χ1) is 25.2. The van der Waals surface area contributed by atoms with Crippen LogP contribution in [0.25, 0.3) is 0 Å². The number of nitrogens with zero attached hydrogens (tertiary/aromatic N) is 1. The second kappa shape index (κ2) is 25.8. The van der Waals surface area contributed by atoms with Gasteiger partial charge in [-0.25, -0.2) is 4.79 Å². The summed E-state index contributed by atoms with van der Waals surface area (Å²) in [7, 11) is 0. The van der Waals surface area contributed by atoms with E-state index in [1.807, 2.05) is 0 Å². The van der Waals surface area contributed by atoms with Gasteiger partial charge in [-0.1, -0.05) is 27.7 Å². The number of aliphatic carboxylic acids is 1. The number of carboxylic acid groups (broad SMARTS) is 1. The van der Waals surface area contributed by atoms with Gasteiger partial charge >= 0.3 is 5.97 Å². The van der Waals surface area contributed by atoms with Crippen LogP contribution >= 0.6 is 0 Å². The van der Waals surface area contributed by atoms with Crippen molar-refractivity contribution in [3.63, 3.8) is 0 Å². The van der Waals surface area contributed by atoms with Crippen LogP contribution in [0.3, 0.4) is 0 Å². The lowest BCUT2D eigenvalue weighted by molar-refractivity contribution is -0.143. The molecule has 0 rings (SSSR count). The van der Waals surface area contributed by atoms with E-state index in [2.05, 4.69) is 36.9 Å². The van der Waals surface area contributed by atoms with Crippen LogP contribution in [-0.2, 0) is 38.4 Å². The summed E-state index contributed by atoms with van der Waals surface area (Å²) in [4.78, 5) is 106. The summed E-state index contributed by atoms with van der Waals surface area (Å²) in [5.74, 6) is -7.37. The second-order valence-electron chi connectivity index (χ2n) is 13.7. The predicted octanol–water partition coefficient (Wildman–Crippen LogP) is -3.89. The molecule has 0 saturated heterocycles. The van der Waals surface area contributed by atoms with Crippen LogP contribution in [0.1, 0.15) is 86.0 Å². The fourth-order valence-electron chi connectivity index (χ4n) is 5.03. The van der Waals surface area contributed by atoms with Gasteiger partial charge in [-0.2, -0.15) is 0 Å². The molecule has 0 aliphatic heterocycles. The number of carboxylic acids is 1. The normalized spacial score (nSPS) is 14.3. The third-order valence-electron chi connectivity index (χ3n) is 8.00. The van der Waals surface area contributed by atoms with Gasteiger partial charge in [0.2, 0.25) is 41.4 Å². The first kappa shape index (κ1) is 49.0. The van der Waals surface area contributed by atoms with Crippen molar-refractivity contribution < 1.29 is 43.5 Å². The first-order valence-corrected chi connectivity index (χ1v) is 18.0. The van der Waals surface area contributed by atoms with Crippen molar-refractivity contribution >= 4 is 53.3 Å². The topological polar surface area (TPSA) is 371 Å². The van der Waals surface area contributed by atoms with E-state index in [-0.39, 0.29) is 63.5 Å². The third-order valence-corrected chi connectivity index (χ3v) is 8.00. The molecule has 0 saturated carbocycles. The lowest BCUT2D eigenvalue weighted by Crippen LogP contribution is -2.60. The van der Waals surface area contributed by atoms with Crippen molar-refractivity contribution in [2.45, 2.75) is 122 Å². The molecule has 0 aliphatic rings. The Morgan fingerprint density at radius 1 is 0.611 bits per heavy atom. The molecule has 0 aromatic carbocycles. The minimum Gasteiger partial charge on any atom is -0.480 e. The summed E-state index contributed by atoms with van der Waals surface area (Å²) in [5, 5.41) is 24.7. The molecule has 54 heavy (non-hydrogen) atoms. The summed E-state index contributed by atoms with van der Waals surface area (Å²) in [6.07, 6.45) is 0.990. The zero-order chi connectivity index (χ0) is 41.5. The number of amides is 7. The minimum absolute atomic E-state index is 0.0467. The number of nitrogens with one attached hydrogen (secondary N) is 6. The molecule has 308 valence electrons. The van der Waals surface area contributed by atoms with Gasteiger partial charge in [-0.05, 0) is 70.3 Å². The number of carbonyl (C=O) groups is 8. The standard InChI is InChI=1S/C33H62N12O9/c1-17(2)15-23(32(53)54)44-30(51)22(11-12-24(36)46)42-29(50)21(10-8-14-39-33(37)38)43-31(52)26(18(3)4)45-27(48)19(5)40-28(49)20(9-6-7-13-34)41-25(47)16-35/h17-23,26H,6-16,34-35H2,1-5H3,(H2,36,46)(H,40,49)(H,41,47)(H,42,50)(H,43,52)(H,44,51)(H,45,48)(H,53,54)(H4,37,38,39)/t19-,20-,21-,22-,23-,26-/m0/s1. The molecule has 0 unspecified atom stereocenters. The van der Waals surface area contributed by atoms with E-state index in [9.17, 15) is 43.5 Å². The zero-order valence-corrected chi connectivity index (χ0v) is 31.9. The highest BCUT2D eigenvalue weighted by molar-refractivity contribution is 5.97. The summed E-state index contributed by atoms with van der Waals surface area (Å²) < 4.78 is 0.